The van der Waals surface area contributed by atoms with Crippen molar-refractivity contribution in [3.05, 3.63) is 29.8 Å². The molecule has 0 spiro atoms. The highest BCUT2D eigenvalue weighted by Crippen LogP contribution is 2.14. The zero-order chi connectivity index (χ0) is 12.7. The van der Waals surface area contributed by atoms with Gasteiger partial charge in [-0.05, 0) is 24.6 Å². The molecule has 0 fully saturated rings. The van der Waals surface area contributed by atoms with Crippen LogP contribution in [-0.2, 0) is 11.3 Å². The van der Waals surface area contributed by atoms with Gasteiger partial charge in [0, 0.05) is 10.8 Å². The van der Waals surface area contributed by atoms with E-state index in [1.807, 2.05) is 31.2 Å². The van der Waals surface area contributed by atoms with Gasteiger partial charge in [0.05, 0.1) is 19.8 Å². The average Bonchev–Trinajstić information content (AvgIpc) is 2.36. The van der Waals surface area contributed by atoms with E-state index in [-0.39, 0.29) is 6.10 Å². The lowest BCUT2D eigenvalue weighted by Crippen LogP contribution is -2.15. The van der Waals surface area contributed by atoms with Crippen LogP contribution in [-0.4, -0.2) is 23.8 Å². The van der Waals surface area contributed by atoms with Crippen LogP contribution in [0.1, 0.15) is 18.9 Å². The van der Waals surface area contributed by atoms with Gasteiger partial charge in [0.1, 0.15) is 11.9 Å². The minimum Gasteiger partial charge on any atom is -0.497 e. The quantitative estimate of drug-likeness (QED) is 0.550. The summed E-state index contributed by atoms with van der Waals surface area (Å²) in [5.41, 5.74) is 1.07. The lowest BCUT2D eigenvalue weighted by atomic mass is 10.2. The van der Waals surface area contributed by atoms with Gasteiger partial charge in [0.25, 0.3) is 0 Å². The van der Waals surface area contributed by atoms with E-state index in [9.17, 15) is 4.39 Å². The number of rotatable bonds is 7. The van der Waals surface area contributed by atoms with Crippen LogP contribution in [0.3, 0.4) is 0 Å². The van der Waals surface area contributed by atoms with Crippen molar-refractivity contribution >= 4 is 22.6 Å². The van der Waals surface area contributed by atoms with Crippen LogP contribution in [0.2, 0.25) is 0 Å². The smallest absolute Gasteiger partial charge is 0.118 e. The molecule has 1 unspecified atom stereocenters. The molecule has 17 heavy (non-hydrogen) atoms. The maximum Gasteiger partial charge on any atom is 0.118 e. The highest BCUT2D eigenvalue weighted by atomic mass is 127. The lowest BCUT2D eigenvalue weighted by Gasteiger charge is -2.14. The van der Waals surface area contributed by atoms with E-state index >= 15 is 0 Å². The minimum atomic E-state index is -0.776. The van der Waals surface area contributed by atoms with Crippen LogP contribution < -0.4 is 4.74 Å². The van der Waals surface area contributed by atoms with Crippen molar-refractivity contribution in [3.8, 4) is 5.75 Å². The van der Waals surface area contributed by atoms with Crippen LogP contribution in [0, 0.1) is 0 Å². The first kappa shape index (κ1) is 14.7. The highest BCUT2D eigenvalue weighted by Gasteiger charge is 2.11. The molecule has 0 aliphatic heterocycles. The third kappa shape index (κ3) is 5.68. The summed E-state index contributed by atoms with van der Waals surface area (Å²) >= 11 is 2.05. The van der Waals surface area contributed by atoms with Crippen LogP contribution in [0.25, 0.3) is 0 Å². The molecule has 0 saturated heterocycles. The molecular formula is C13H18FIO2. The number of halogens is 2. The van der Waals surface area contributed by atoms with E-state index in [4.69, 9.17) is 9.47 Å². The summed E-state index contributed by atoms with van der Waals surface area (Å²) in [6, 6.07) is 7.70. The molecule has 0 amide bonds. The van der Waals surface area contributed by atoms with Gasteiger partial charge in [-0.2, -0.15) is 0 Å². The second-order valence-corrected chi connectivity index (χ2v) is 4.84. The summed E-state index contributed by atoms with van der Waals surface area (Å²) in [5, 5.41) is 0. The van der Waals surface area contributed by atoms with Crippen LogP contribution in [0.5, 0.6) is 5.75 Å². The van der Waals surface area contributed by atoms with Crippen molar-refractivity contribution in [1.82, 2.24) is 0 Å². The third-order valence-electron chi connectivity index (χ3n) is 2.45. The summed E-state index contributed by atoms with van der Waals surface area (Å²) in [7, 11) is 1.64. The van der Waals surface area contributed by atoms with E-state index < -0.39 is 6.17 Å². The normalized spacial score (nSPS) is 14.4. The molecule has 0 radical (unpaired) electrons. The molecule has 96 valence electrons. The van der Waals surface area contributed by atoms with Gasteiger partial charge in [-0.1, -0.05) is 34.7 Å². The summed E-state index contributed by atoms with van der Waals surface area (Å²) in [4.78, 5) is 0. The molecule has 1 aromatic rings. The maximum atomic E-state index is 13.1. The molecule has 4 heteroatoms. The molecule has 1 aromatic carbocycles. The molecule has 0 aromatic heterocycles. The Labute approximate surface area is 116 Å². The Balaban J connectivity index is 2.34. The predicted octanol–water partition coefficient (Wildman–Crippen LogP) is 3.76. The third-order valence-corrected chi connectivity index (χ3v) is 3.40. The summed E-state index contributed by atoms with van der Waals surface area (Å²) in [6.45, 7) is 2.42. The fourth-order valence-electron chi connectivity index (χ4n) is 1.45. The molecule has 0 heterocycles. The number of benzene rings is 1. The molecule has 0 bridgehead atoms. The molecule has 0 saturated carbocycles. The van der Waals surface area contributed by atoms with Crippen molar-refractivity contribution in [3.63, 3.8) is 0 Å². The second kappa shape index (κ2) is 7.87. The highest BCUT2D eigenvalue weighted by molar-refractivity contribution is 14.1. The Hall–Kier alpha value is -0.360. The Morgan fingerprint density at radius 3 is 2.47 bits per heavy atom. The van der Waals surface area contributed by atoms with E-state index in [0.29, 0.717) is 17.5 Å². The molecule has 2 atom stereocenters. The minimum absolute atomic E-state index is 0.0538. The summed E-state index contributed by atoms with van der Waals surface area (Å²) < 4.78 is 24.3. The molecular weight excluding hydrogens is 334 g/mol. The first-order valence-corrected chi connectivity index (χ1v) is 7.12. The summed E-state index contributed by atoms with van der Waals surface area (Å²) in [5.74, 6) is 0.829. The SMILES string of the molecule is COc1ccc(CO[C@@H](C)CC(F)CI)cc1. The van der Waals surface area contributed by atoms with Gasteiger partial charge < -0.3 is 9.47 Å². The standard InChI is InChI=1S/C13H18FIO2/c1-10(7-12(14)8-15)17-9-11-3-5-13(16-2)6-4-11/h3-6,10,12H,7-9H2,1-2H3/t10-,12?/m0/s1. The predicted molar refractivity (Wildman–Crippen MR) is 75.6 cm³/mol. The average molecular weight is 352 g/mol. The molecule has 0 N–H and O–H groups in total. The van der Waals surface area contributed by atoms with Gasteiger partial charge in [-0.15, -0.1) is 0 Å². The van der Waals surface area contributed by atoms with Crippen molar-refractivity contribution in [2.24, 2.45) is 0 Å². The first-order chi connectivity index (χ1) is 8.15. The van der Waals surface area contributed by atoms with Crippen LogP contribution >= 0.6 is 22.6 Å². The topological polar surface area (TPSA) is 18.5 Å². The zero-order valence-electron chi connectivity index (χ0n) is 10.2. The lowest BCUT2D eigenvalue weighted by molar-refractivity contribution is 0.0345. The van der Waals surface area contributed by atoms with Gasteiger partial charge in [-0.25, -0.2) is 4.39 Å². The van der Waals surface area contributed by atoms with Crippen LogP contribution in [0.4, 0.5) is 4.39 Å². The van der Waals surface area contributed by atoms with Gasteiger partial charge in [-0.3, -0.25) is 0 Å². The molecule has 0 aliphatic carbocycles. The van der Waals surface area contributed by atoms with E-state index in [1.165, 1.54) is 0 Å². The molecule has 0 aliphatic rings. The Bertz CT molecular complexity index is 316. The first-order valence-electron chi connectivity index (χ1n) is 5.60. The van der Waals surface area contributed by atoms with Crippen LogP contribution in [0.15, 0.2) is 24.3 Å². The number of methoxy groups -OCH3 is 1. The fourth-order valence-corrected chi connectivity index (χ4v) is 1.81. The fraction of sp³-hybridized carbons (Fsp3) is 0.538. The maximum absolute atomic E-state index is 13.1. The Morgan fingerprint density at radius 2 is 1.94 bits per heavy atom. The van der Waals surface area contributed by atoms with Gasteiger partial charge in [0.15, 0.2) is 0 Å². The molecule has 1 rings (SSSR count). The second-order valence-electron chi connectivity index (χ2n) is 3.96. The van der Waals surface area contributed by atoms with Crippen molar-refractivity contribution < 1.29 is 13.9 Å². The number of hydrogen-bond donors (Lipinski definition) is 0. The van der Waals surface area contributed by atoms with Gasteiger partial charge >= 0.3 is 0 Å². The summed E-state index contributed by atoms with van der Waals surface area (Å²) in [6.07, 6.45) is -0.373. The van der Waals surface area contributed by atoms with E-state index in [2.05, 4.69) is 22.6 Å². The largest absolute Gasteiger partial charge is 0.497 e. The van der Waals surface area contributed by atoms with E-state index in [0.717, 1.165) is 11.3 Å². The van der Waals surface area contributed by atoms with Crippen molar-refractivity contribution in [2.75, 3.05) is 11.5 Å². The van der Waals surface area contributed by atoms with Crippen molar-refractivity contribution in [1.29, 1.82) is 0 Å². The number of ether oxygens (including phenoxy) is 2. The number of hydrogen-bond acceptors (Lipinski definition) is 2. The zero-order valence-corrected chi connectivity index (χ0v) is 12.3. The monoisotopic (exact) mass is 352 g/mol. The number of alkyl halides is 2. The van der Waals surface area contributed by atoms with Crippen molar-refractivity contribution in [2.45, 2.75) is 32.2 Å². The Morgan fingerprint density at radius 1 is 1.29 bits per heavy atom. The molecule has 2 nitrogen and oxygen atoms in total. The Kier molecular flexibility index (Phi) is 6.80. The van der Waals surface area contributed by atoms with Gasteiger partial charge in [0.2, 0.25) is 0 Å². The van der Waals surface area contributed by atoms with E-state index in [1.54, 1.807) is 7.11 Å².